The Balaban J connectivity index is 0.000000233. The molecule has 0 saturated carbocycles. The summed E-state index contributed by atoms with van der Waals surface area (Å²) < 4.78 is 0. The zero-order valence-corrected chi connectivity index (χ0v) is 24.5. The van der Waals surface area contributed by atoms with Crippen molar-refractivity contribution in [2.24, 2.45) is 5.92 Å². The Morgan fingerprint density at radius 1 is 0.706 bits per heavy atom. The molecule has 3 aromatic carbocycles. The van der Waals surface area contributed by atoms with E-state index in [1.165, 1.54) is 47.5 Å². The normalized spacial score (nSPS) is 15.6. The van der Waals surface area contributed by atoms with Crippen LogP contribution in [0.3, 0.4) is 0 Å². The number of hydrogen-bond donors (Lipinski definition) is 0. The minimum absolute atomic E-state index is 0. The fourth-order valence-electron chi connectivity index (χ4n) is 4.03. The third-order valence-electron chi connectivity index (χ3n) is 5.74. The molecule has 0 nitrogen and oxygen atoms in total. The fourth-order valence-corrected chi connectivity index (χ4v) is 5.13. The summed E-state index contributed by atoms with van der Waals surface area (Å²) in [5.41, 5.74) is 8.08. The summed E-state index contributed by atoms with van der Waals surface area (Å²) in [4.78, 5) is 0. The van der Waals surface area contributed by atoms with E-state index in [0.717, 1.165) is 22.6 Å². The first-order chi connectivity index (χ1) is 16.0. The van der Waals surface area contributed by atoms with Crippen molar-refractivity contribution in [3.05, 3.63) is 151 Å². The van der Waals surface area contributed by atoms with Gasteiger partial charge >= 0.3 is 21.7 Å². The first-order valence-electron chi connectivity index (χ1n) is 11.9. The summed E-state index contributed by atoms with van der Waals surface area (Å²) in [6.45, 7) is 13.4. The maximum Gasteiger partial charge on any atom is 4.00 e. The molecule has 2 heteroatoms. The molecule has 0 fully saturated rings. The fraction of sp³-hybridized carbons (Fsp3) is 0.219. The summed E-state index contributed by atoms with van der Waals surface area (Å²) in [6.07, 6.45) is 9.07. The van der Waals surface area contributed by atoms with Crippen LogP contribution >= 0.6 is 0 Å². The van der Waals surface area contributed by atoms with Crippen molar-refractivity contribution in [1.82, 2.24) is 0 Å². The van der Waals surface area contributed by atoms with Crippen molar-refractivity contribution in [3.8, 4) is 0 Å². The van der Waals surface area contributed by atoms with E-state index in [-0.39, 0.29) is 21.7 Å². The van der Waals surface area contributed by atoms with Gasteiger partial charge in [0, 0.05) is 10.2 Å². The molecule has 2 aliphatic rings. The van der Waals surface area contributed by atoms with Gasteiger partial charge in [0.2, 0.25) is 0 Å². The molecule has 3 aromatic rings. The molecule has 174 valence electrons. The van der Waals surface area contributed by atoms with Gasteiger partial charge in [-0.05, 0) is 0 Å². The molecule has 2 aliphatic carbocycles. The van der Waals surface area contributed by atoms with Gasteiger partial charge in [0.1, 0.15) is 0 Å². The van der Waals surface area contributed by atoms with Crippen molar-refractivity contribution >= 4 is 10.2 Å². The van der Waals surface area contributed by atoms with Crippen molar-refractivity contribution in [3.63, 3.8) is 0 Å². The predicted molar refractivity (Wildman–Crippen MR) is 149 cm³/mol. The molecule has 0 bridgehead atoms. The second-order valence-electron chi connectivity index (χ2n) is 8.44. The molecule has 34 heavy (non-hydrogen) atoms. The quantitative estimate of drug-likeness (QED) is 0.239. The van der Waals surface area contributed by atoms with Gasteiger partial charge in [0.15, 0.2) is 0 Å². The first-order valence-corrected chi connectivity index (χ1v) is 13.4. The average molecular weight is 499 g/mol. The van der Waals surface area contributed by atoms with E-state index in [1.807, 2.05) is 91.0 Å². The van der Waals surface area contributed by atoms with Gasteiger partial charge in [-0.3, -0.25) is 0 Å². The Morgan fingerprint density at radius 3 is 1.41 bits per heavy atom. The molecular weight excluding hydrogens is 460 g/mol. The smallest absolute Gasteiger partial charge is 0.249 e. The largest absolute Gasteiger partial charge is 4.00 e. The minimum atomic E-state index is 0. The maximum absolute atomic E-state index is 3.72. The second-order valence-corrected chi connectivity index (χ2v) is 9.25. The van der Waals surface area contributed by atoms with Gasteiger partial charge in [0.05, 0.1) is 0 Å². The minimum Gasteiger partial charge on any atom is -0.249 e. The van der Waals surface area contributed by atoms with E-state index in [1.54, 1.807) is 11.1 Å². The molecule has 0 aromatic heterocycles. The Morgan fingerprint density at radius 2 is 1.09 bits per heavy atom. The van der Waals surface area contributed by atoms with Crippen LogP contribution in [0.15, 0.2) is 108 Å². The molecule has 0 spiro atoms. The molecular formula is C32H38SiTi. The predicted octanol–water partition coefficient (Wildman–Crippen LogP) is 7.62. The maximum atomic E-state index is 3.72. The van der Waals surface area contributed by atoms with E-state index < -0.39 is 0 Å². The zero-order valence-electron chi connectivity index (χ0n) is 20.9. The van der Waals surface area contributed by atoms with Crippen molar-refractivity contribution in [1.29, 1.82) is 0 Å². The standard InChI is InChI=1S/C11H17Si.3C7H7.Ti/c1-8-6-9-4-2-3-5-10(9)11(8)7-12;3*1-7-5-3-2-4-6-7;/h11H,2-5,7H2,1,12H3;3*2-6H,1H2;/q4*-1;+4. The van der Waals surface area contributed by atoms with Gasteiger partial charge in [0.25, 0.3) is 0 Å². The zero-order chi connectivity index (χ0) is 23.9. The number of allylic oxidation sites excluding steroid dienone is 4. The number of benzene rings is 3. The monoisotopic (exact) mass is 498 g/mol. The first kappa shape index (κ1) is 29.7. The van der Waals surface area contributed by atoms with Crippen LogP contribution in [0, 0.1) is 32.8 Å². The SMILES string of the molecule is CC1=[C-]C2=C(CCCC2)C1C[SiH3].[CH2-]c1ccccc1.[CH2-]c1ccccc1.[CH2-]c1ccccc1.[Ti+4]. The van der Waals surface area contributed by atoms with Crippen LogP contribution in [0.2, 0.25) is 6.04 Å². The molecule has 0 amide bonds. The van der Waals surface area contributed by atoms with Crippen LogP contribution in [0.5, 0.6) is 0 Å². The van der Waals surface area contributed by atoms with Gasteiger partial charge in [-0.2, -0.15) is 79.4 Å². The van der Waals surface area contributed by atoms with Crippen LogP contribution in [-0.4, -0.2) is 10.2 Å². The molecule has 1 unspecified atom stereocenters. The summed E-state index contributed by atoms with van der Waals surface area (Å²) in [5.74, 6) is 0.826. The second kappa shape index (κ2) is 17.2. The average Bonchev–Trinajstić information content (AvgIpc) is 3.17. The van der Waals surface area contributed by atoms with E-state index in [0.29, 0.717) is 0 Å². The topological polar surface area (TPSA) is 0 Å². The van der Waals surface area contributed by atoms with Crippen molar-refractivity contribution in [2.75, 3.05) is 0 Å². The van der Waals surface area contributed by atoms with E-state index >= 15 is 0 Å². The van der Waals surface area contributed by atoms with E-state index in [9.17, 15) is 0 Å². The Hall–Kier alpha value is -2.32. The summed E-state index contributed by atoms with van der Waals surface area (Å²) in [7, 11) is 1.34. The van der Waals surface area contributed by atoms with Crippen LogP contribution in [0.25, 0.3) is 0 Å². The summed E-state index contributed by atoms with van der Waals surface area (Å²) >= 11 is 0. The van der Waals surface area contributed by atoms with Gasteiger partial charge < -0.3 is 0 Å². The van der Waals surface area contributed by atoms with Crippen molar-refractivity contribution in [2.45, 2.75) is 38.7 Å². The molecule has 0 radical (unpaired) electrons. The summed E-state index contributed by atoms with van der Waals surface area (Å²) in [6, 6.07) is 31.0. The Labute approximate surface area is 226 Å². The Bertz CT molecular complexity index is 886. The van der Waals surface area contributed by atoms with Crippen LogP contribution in [0.1, 0.15) is 49.3 Å². The van der Waals surface area contributed by atoms with Crippen LogP contribution in [-0.2, 0) is 21.7 Å². The van der Waals surface area contributed by atoms with Gasteiger partial charge in [-0.25, -0.2) is 17.2 Å². The van der Waals surface area contributed by atoms with E-state index in [2.05, 4.69) is 33.8 Å². The summed E-state index contributed by atoms with van der Waals surface area (Å²) in [5, 5.41) is 0. The molecule has 5 rings (SSSR count). The van der Waals surface area contributed by atoms with E-state index in [4.69, 9.17) is 0 Å². The number of rotatable bonds is 1. The molecule has 1 atom stereocenters. The molecule has 0 N–H and O–H groups in total. The molecule has 0 aliphatic heterocycles. The Kier molecular flexibility index (Phi) is 15.0. The molecule has 0 heterocycles. The van der Waals surface area contributed by atoms with Crippen LogP contribution < -0.4 is 0 Å². The van der Waals surface area contributed by atoms with Crippen LogP contribution in [0.4, 0.5) is 0 Å². The van der Waals surface area contributed by atoms with Crippen molar-refractivity contribution < 1.29 is 21.7 Å². The third kappa shape index (κ3) is 11.2. The van der Waals surface area contributed by atoms with Gasteiger partial charge in [-0.15, -0.1) is 36.4 Å². The number of hydrogen-bond acceptors (Lipinski definition) is 0. The third-order valence-corrected chi connectivity index (χ3v) is 6.56. The van der Waals surface area contributed by atoms with Gasteiger partial charge in [-0.1, -0.05) is 62.8 Å². The molecule has 0 saturated heterocycles.